The summed E-state index contributed by atoms with van der Waals surface area (Å²) in [6, 6.07) is 8.74. The van der Waals surface area contributed by atoms with Crippen LogP contribution < -0.4 is 10.5 Å². The smallest absolute Gasteiger partial charge is 0.304 e. The monoisotopic (exact) mass is 590 g/mol. The summed E-state index contributed by atoms with van der Waals surface area (Å²) in [5, 5.41) is 18.3. The first kappa shape index (κ1) is 27.8. The number of aryl methyl sites for hydroxylation is 3. The van der Waals surface area contributed by atoms with Crippen molar-refractivity contribution in [1.29, 1.82) is 0 Å². The molecule has 0 bridgehead atoms. The fourth-order valence-electron chi connectivity index (χ4n) is 5.59. The van der Waals surface area contributed by atoms with E-state index < -0.39 is 33.4 Å². The normalized spacial score (nSPS) is 17.8. The molecule has 4 heterocycles. The van der Waals surface area contributed by atoms with Crippen LogP contribution in [0, 0.1) is 20.8 Å². The van der Waals surface area contributed by atoms with Crippen LogP contribution in [0.25, 0.3) is 5.65 Å². The van der Waals surface area contributed by atoms with Gasteiger partial charge in [-0.1, -0.05) is 18.2 Å². The molecule has 6 rings (SSSR count). The minimum atomic E-state index is -4.13. The average molecular weight is 591 g/mol. The number of amides is 1. The maximum atomic E-state index is 13.9. The number of ether oxygens (including phenoxy) is 1. The van der Waals surface area contributed by atoms with Gasteiger partial charge < -0.3 is 15.6 Å². The number of pyridine rings is 2. The van der Waals surface area contributed by atoms with Gasteiger partial charge in [-0.15, -0.1) is 10.2 Å². The molecule has 4 aromatic rings. The Morgan fingerprint density at radius 2 is 1.90 bits per heavy atom. The lowest BCUT2D eigenvalue weighted by molar-refractivity contribution is -0.137. The van der Waals surface area contributed by atoms with Crippen molar-refractivity contribution in [3.05, 3.63) is 81.9 Å². The van der Waals surface area contributed by atoms with E-state index in [4.69, 9.17) is 10.5 Å². The molecule has 3 N–H and O–H groups in total. The molecule has 218 valence electrons. The summed E-state index contributed by atoms with van der Waals surface area (Å²) < 4.78 is 37.2. The van der Waals surface area contributed by atoms with Crippen molar-refractivity contribution in [2.24, 2.45) is 5.73 Å². The van der Waals surface area contributed by atoms with Crippen molar-refractivity contribution in [3.8, 4) is 5.88 Å². The van der Waals surface area contributed by atoms with Gasteiger partial charge in [-0.05, 0) is 73.6 Å². The number of aromatic nitrogens is 4. The van der Waals surface area contributed by atoms with Crippen molar-refractivity contribution in [1.82, 2.24) is 23.9 Å². The summed E-state index contributed by atoms with van der Waals surface area (Å²) in [5.41, 5.74) is 9.28. The number of carboxylic acid groups (broad SMARTS) is 1. The quantitative estimate of drug-likeness (QED) is 0.328. The number of primary amides is 1. The summed E-state index contributed by atoms with van der Waals surface area (Å²) in [6.45, 7) is 5.76. The predicted octanol–water partition coefficient (Wildman–Crippen LogP) is 2.87. The number of rotatable bonds is 7. The largest absolute Gasteiger partial charge is 0.481 e. The van der Waals surface area contributed by atoms with E-state index in [9.17, 15) is 23.1 Å². The van der Waals surface area contributed by atoms with E-state index >= 15 is 0 Å². The standard InChI is InChI=1S/C29H30N6O6S/c1-16-4-5-19(23(12-25(36)37)22-6-9-35-18(3)32-33-27(35)17(22)2)10-21(16)14-34-15-29(7-8-29)41-28-24(42(34,39)40)11-20(13-31-28)26(30)38/h4-6,9-11,13,23H,7-8,12,14-15H2,1-3H3,(H2,30,38)(H,36,37)/t23-/m0/s1. The number of nitrogens with two attached hydrogens (primary N) is 1. The molecule has 1 spiro atoms. The summed E-state index contributed by atoms with van der Waals surface area (Å²) in [4.78, 5) is 27.8. The Kier molecular flexibility index (Phi) is 6.54. The first-order valence-corrected chi connectivity index (χ1v) is 14.9. The van der Waals surface area contributed by atoms with Crippen LogP contribution in [0.15, 0.2) is 47.6 Å². The first-order chi connectivity index (χ1) is 19.9. The highest BCUT2D eigenvalue weighted by atomic mass is 32.2. The minimum absolute atomic E-state index is 0.0224. The number of hydrogen-bond donors (Lipinski definition) is 2. The number of benzene rings is 1. The number of nitrogens with zero attached hydrogens (tertiary/aromatic N) is 5. The molecule has 1 aromatic carbocycles. The van der Waals surface area contributed by atoms with Gasteiger partial charge in [-0.25, -0.2) is 13.4 Å². The zero-order valence-electron chi connectivity index (χ0n) is 23.4. The number of carboxylic acids is 1. The molecule has 0 unspecified atom stereocenters. The highest BCUT2D eigenvalue weighted by molar-refractivity contribution is 7.89. The zero-order chi connectivity index (χ0) is 30.0. The summed E-state index contributed by atoms with van der Waals surface area (Å²) in [5.74, 6) is -1.58. The van der Waals surface area contributed by atoms with Crippen LogP contribution in [0.4, 0.5) is 0 Å². The van der Waals surface area contributed by atoms with Gasteiger partial charge in [0.2, 0.25) is 21.8 Å². The number of fused-ring (bicyclic) bond motifs is 2. The Balaban J connectivity index is 1.41. The lowest BCUT2D eigenvalue weighted by Gasteiger charge is -2.25. The number of sulfonamides is 1. The Bertz CT molecular complexity index is 1880. The van der Waals surface area contributed by atoms with Gasteiger partial charge in [0.05, 0.1) is 18.5 Å². The van der Waals surface area contributed by atoms with Crippen LogP contribution in [0.3, 0.4) is 0 Å². The van der Waals surface area contributed by atoms with Gasteiger partial charge in [-0.3, -0.25) is 14.0 Å². The second kappa shape index (κ2) is 9.88. The van der Waals surface area contributed by atoms with Crippen LogP contribution >= 0.6 is 0 Å². The molecule has 0 radical (unpaired) electrons. The Hall–Kier alpha value is -4.36. The highest BCUT2D eigenvalue weighted by Crippen LogP contribution is 2.46. The van der Waals surface area contributed by atoms with Gasteiger partial charge in [0.1, 0.15) is 16.3 Å². The van der Waals surface area contributed by atoms with Crippen molar-refractivity contribution in [2.45, 2.75) is 63.0 Å². The molecule has 1 saturated carbocycles. The molecule has 0 saturated heterocycles. The second-order valence-electron chi connectivity index (χ2n) is 11.1. The Morgan fingerprint density at radius 1 is 1.14 bits per heavy atom. The molecule has 42 heavy (non-hydrogen) atoms. The number of carbonyl (C=O) groups excluding carboxylic acids is 1. The molecule has 1 aliphatic heterocycles. The van der Waals surface area contributed by atoms with Crippen molar-refractivity contribution in [3.63, 3.8) is 0 Å². The fourth-order valence-corrected chi connectivity index (χ4v) is 7.18. The minimum Gasteiger partial charge on any atom is -0.481 e. The molecule has 1 atom stereocenters. The fraction of sp³-hybridized carbons (Fsp3) is 0.345. The lowest BCUT2D eigenvalue weighted by Crippen LogP contribution is -2.38. The third-order valence-electron chi connectivity index (χ3n) is 8.22. The third-order valence-corrected chi connectivity index (χ3v) is 10.0. The summed E-state index contributed by atoms with van der Waals surface area (Å²) in [7, 11) is -4.13. The van der Waals surface area contributed by atoms with Crippen molar-refractivity contribution in [2.75, 3.05) is 6.54 Å². The van der Waals surface area contributed by atoms with Crippen LogP contribution in [0.1, 0.15) is 69.2 Å². The van der Waals surface area contributed by atoms with Crippen LogP contribution in [0.5, 0.6) is 5.88 Å². The molecule has 3 aromatic heterocycles. The van der Waals surface area contributed by atoms with E-state index in [0.29, 0.717) is 18.5 Å². The van der Waals surface area contributed by atoms with E-state index in [1.165, 1.54) is 16.6 Å². The molecule has 13 heteroatoms. The van der Waals surface area contributed by atoms with E-state index in [0.717, 1.165) is 33.6 Å². The van der Waals surface area contributed by atoms with Crippen LogP contribution in [-0.2, 0) is 21.4 Å². The molecule has 12 nitrogen and oxygen atoms in total. The van der Waals surface area contributed by atoms with Crippen molar-refractivity contribution < 1.29 is 27.9 Å². The molecular weight excluding hydrogens is 560 g/mol. The van der Waals surface area contributed by atoms with E-state index in [1.807, 2.05) is 55.6 Å². The second-order valence-corrected chi connectivity index (χ2v) is 13.0. The SMILES string of the molecule is Cc1ccc([C@H](CC(=O)O)c2ccn3c(C)nnc3c2C)cc1CN1CC2(CC2)Oc2ncc(C(N)=O)cc2S1(=O)=O. The van der Waals surface area contributed by atoms with Gasteiger partial charge in [0.15, 0.2) is 5.65 Å². The average Bonchev–Trinajstić information content (AvgIpc) is 3.60. The topological polar surface area (TPSA) is 170 Å². The Labute approximate surface area is 242 Å². The van der Waals surface area contributed by atoms with Crippen LogP contribution in [-0.4, -0.2) is 61.4 Å². The highest BCUT2D eigenvalue weighted by Gasteiger charge is 2.52. The maximum Gasteiger partial charge on any atom is 0.304 e. The molecular formula is C29H30N6O6S. The predicted molar refractivity (Wildman–Crippen MR) is 151 cm³/mol. The molecule has 1 aliphatic carbocycles. The van der Waals surface area contributed by atoms with Gasteiger partial charge in [0, 0.05) is 24.9 Å². The number of carbonyl (C=O) groups is 2. The zero-order valence-corrected chi connectivity index (χ0v) is 24.2. The summed E-state index contributed by atoms with van der Waals surface area (Å²) in [6.07, 6.45) is 4.23. The molecule has 1 amide bonds. The van der Waals surface area contributed by atoms with E-state index in [2.05, 4.69) is 15.2 Å². The molecule has 2 aliphatic rings. The number of aliphatic carboxylic acids is 1. The van der Waals surface area contributed by atoms with Gasteiger partial charge >= 0.3 is 5.97 Å². The summed E-state index contributed by atoms with van der Waals surface area (Å²) >= 11 is 0. The lowest BCUT2D eigenvalue weighted by atomic mass is 9.85. The van der Waals surface area contributed by atoms with Crippen molar-refractivity contribution >= 4 is 27.5 Å². The van der Waals surface area contributed by atoms with E-state index in [-0.39, 0.29) is 35.8 Å². The Morgan fingerprint density at radius 3 is 2.60 bits per heavy atom. The first-order valence-electron chi connectivity index (χ1n) is 13.5. The number of hydrogen-bond acceptors (Lipinski definition) is 8. The van der Waals surface area contributed by atoms with Gasteiger partial charge in [0.25, 0.3) is 0 Å². The van der Waals surface area contributed by atoms with E-state index in [1.54, 1.807) is 0 Å². The maximum absolute atomic E-state index is 13.9. The third kappa shape index (κ3) is 4.77. The molecule has 1 fully saturated rings. The van der Waals surface area contributed by atoms with Gasteiger partial charge in [-0.2, -0.15) is 4.31 Å². The van der Waals surface area contributed by atoms with Crippen LogP contribution in [0.2, 0.25) is 0 Å².